The molecule has 0 amide bonds. The molecule has 1 aromatic heterocycles. The maximum absolute atomic E-state index is 11.0. The van der Waals surface area contributed by atoms with Gasteiger partial charge in [-0.2, -0.15) is 0 Å². The number of nitrogens with one attached hydrogen (secondary N) is 1. The summed E-state index contributed by atoms with van der Waals surface area (Å²) in [5.41, 5.74) is 2.20. The Kier molecular flexibility index (Phi) is 5.06. The number of hydrogen-bond donors (Lipinski definition) is 3. The fourth-order valence-corrected chi connectivity index (χ4v) is 3.05. The Balaban J connectivity index is 1.64. The summed E-state index contributed by atoms with van der Waals surface area (Å²) in [6.07, 6.45) is -0.165. The molecule has 134 valence electrons. The molecule has 0 radical (unpaired) electrons. The second-order valence-corrected chi connectivity index (χ2v) is 6.36. The number of imidazole rings is 1. The van der Waals surface area contributed by atoms with E-state index in [2.05, 4.69) is 21.8 Å². The van der Waals surface area contributed by atoms with Gasteiger partial charge >= 0.3 is 5.97 Å². The van der Waals surface area contributed by atoms with Crippen molar-refractivity contribution in [3.8, 4) is 5.75 Å². The fraction of sp³-hybridized carbons (Fsp3) is 0.444. The fourth-order valence-electron chi connectivity index (χ4n) is 3.05. The van der Waals surface area contributed by atoms with Gasteiger partial charge in [0.25, 0.3) is 0 Å². The number of aromatic nitrogens is 2. The van der Waals surface area contributed by atoms with Gasteiger partial charge in [-0.1, -0.05) is 13.0 Å². The lowest BCUT2D eigenvalue weighted by Gasteiger charge is -2.17. The van der Waals surface area contributed by atoms with Crippen LogP contribution in [0.15, 0.2) is 24.3 Å². The molecule has 0 saturated carbocycles. The number of likely N-dealkylation sites (tertiary alicyclic amines) is 1. The normalized spacial score (nSPS) is 20.8. The highest BCUT2D eigenvalue weighted by atomic mass is 16.5. The molecule has 0 unspecified atom stereocenters. The average molecular weight is 345 g/mol. The summed E-state index contributed by atoms with van der Waals surface area (Å²) in [6, 6.07) is 6.33. The van der Waals surface area contributed by atoms with E-state index in [-0.39, 0.29) is 5.56 Å². The van der Waals surface area contributed by atoms with Gasteiger partial charge in [-0.25, -0.2) is 9.78 Å². The van der Waals surface area contributed by atoms with Crippen LogP contribution >= 0.6 is 0 Å². The average Bonchev–Trinajstić information content (AvgIpc) is 3.11. The molecule has 3 N–H and O–H groups in total. The van der Waals surface area contributed by atoms with Gasteiger partial charge in [0.05, 0.1) is 11.3 Å². The third kappa shape index (κ3) is 4.00. The summed E-state index contributed by atoms with van der Waals surface area (Å²) in [5, 5.41) is 19.3. The number of benzene rings is 1. The maximum atomic E-state index is 11.0. The van der Waals surface area contributed by atoms with E-state index < -0.39 is 18.2 Å². The Morgan fingerprint density at radius 3 is 2.92 bits per heavy atom. The first-order valence-electron chi connectivity index (χ1n) is 8.41. The Bertz CT molecular complexity index is 759. The topological polar surface area (TPSA) is 98.7 Å². The number of aromatic amines is 1. The lowest BCUT2D eigenvalue weighted by atomic mass is 10.2. The van der Waals surface area contributed by atoms with Crippen molar-refractivity contribution in [1.29, 1.82) is 0 Å². The molecule has 1 aromatic carbocycles. The molecular formula is C18H23N3O4. The smallest absolute Gasteiger partial charge is 0.335 e. The molecule has 3 rings (SSSR count). The molecule has 0 aliphatic carbocycles. The number of nitrogens with zero attached hydrogens (tertiary/aromatic N) is 2. The molecule has 0 spiro atoms. The Morgan fingerprint density at radius 1 is 1.44 bits per heavy atom. The summed E-state index contributed by atoms with van der Waals surface area (Å²) in [6.45, 7) is 5.76. The van der Waals surface area contributed by atoms with E-state index in [1.807, 2.05) is 6.92 Å². The number of aliphatic hydroxyl groups is 1. The Morgan fingerprint density at radius 2 is 2.24 bits per heavy atom. The highest BCUT2D eigenvalue weighted by Gasteiger charge is 2.33. The van der Waals surface area contributed by atoms with Crippen molar-refractivity contribution in [2.24, 2.45) is 0 Å². The quantitative estimate of drug-likeness (QED) is 0.736. The molecule has 0 bridgehead atoms. The minimum absolute atomic E-state index is 0.168. The van der Waals surface area contributed by atoms with E-state index >= 15 is 0 Å². The number of β-amino-alcohol motifs (C(OH)–C–C–N with tert-alkyl or cyclic N) is 1. The van der Waals surface area contributed by atoms with Gasteiger partial charge in [-0.15, -0.1) is 0 Å². The van der Waals surface area contributed by atoms with Crippen LogP contribution in [0.25, 0.3) is 0 Å². The van der Waals surface area contributed by atoms with Crippen molar-refractivity contribution in [2.75, 3.05) is 13.1 Å². The van der Waals surface area contributed by atoms with Gasteiger partial charge in [0.1, 0.15) is 23.8 Å². The summed E-state index contributed by atoms with van der Waals surface area (Å²) in [7, 11) is 0. The molecule has 2 heterocycles. The molecule has 2 aromatic rings. The van der Waals surface area contributed by atoms with Gasteiger partial charge in [-0.3, -0.25) is 4.90 Å². The predicted octanol–water partition coefficient (Wildman–Crippen LogP) is 1.60. The van der Waals surface area contributed by atoms with Gasteiger partial charge in [-0.05, 0) is 25.1 Å². The summed E-state index contributed by atoms with van der Waals surface area (Å²) < 4.78 is 5.82. The van der Waals surface area contributed by atoms with E-state index in [1.165, 1.54) is 12.1 Å². The van der Waals surface area contributed by atoms with Crippen LogP contribution in [0.4, 0.5) is 0 Å². The monoisotopic (exact) mass is 345 g/mol. The van der Waals surface area contributed by atoms with Crippen molar-refractivity contribution < 1.29 is 19.7 Å². The van der Waals surface area contributed by atoms with Crippen molar-refractivity contribution in [3.05, 3.63) is 47.0 Å². The lowest BCUT2D eigenvalue weighted by Crippen LogP contribution is -2.30. The van der Waals surface area contributed by atoms with Gasteiger partial charge in [0, 0.05) is 31.7 Å². The molecule has 1 fully saturated rings. The molecule has 7 nitrogen and oxygen atoms in total. The number of aromatic carboxylic acids is 1. The number of ether oxygens (including phenoxy) is 1. The number of carboxylic acid groups (broad SMARTS) is 1. The van der Waals surface area contributed by atoms with Crippen LogP contribution < -0.4 is 4.74 Å². The number of H-pyrrole nitrogens is 1. The van der Waals surface area contributed by atoms with E-state index in [0.717, 1.165) is 23.6 Å². The van der Waals surface area contributed by atoms with Crippen molar-refractivity contribution in [3.63, 3.8) is 0 Å². The number of rotatable bonds is 6. The third-order valence-electron chi connectivity index (χ3n) is 4.42. The van der Waals surface area contributed by atoms with E-state index in [1.54, 1.807) is 12.1 Å². The zero-order valence-electron chi connectivity index (χ0n) is 14.4. The zero-order chi connectivity index (χ0) is 18.0. The standard InChI is InChI=1S/C18H23N3O4/c1-3-17-19-11(2)14(20-17)8-21-9-15(22)16(10-21)25-13-6-4-5-12(7-13)18(23)24/h4-7,15-16,22H,3,8-10H2,1-2H3,(H,19,20)(H,23,24)/t15-,16-/m1/s1. The molecule has 25 heavy (non-hydrogen) atoms. The first-order chi connectivity index (χ1) is 12.0. The number of hydrogen-bond acceptors (Lipinski definition) is 5. The summed E-state index contributed by atoms with van der Waals surface area (Å²) >= 11 is 0. The zero-order valence-corrected chi connectivity index (χ0v) is 14.4. The van der Waals surface area contributed by atoms with E-state index in [4.69, 9.17) is 9.84 Å². The molecule has 2 atom stereocenters. The van der Waals surface area contributed by atoms with Crippen LogP contribution in [0.5, 0.6) is 5.75 Å². The van der Waals surface area contributed by atoms with Crippen molar-refractivity contribution >= 4 is 5.97 Å². The Hall–Kier alpha value is -2.38. The van der Waals surface area contributed by atoms with Crippen LogP contribution in [0.3, 0.4) is 0 Å². The number of carbonyl (C=O) groups is 1. The summed E-state index contributed by atoms with van der Waals surface area (Å²) in [4.78, 5) is 21.0. The van der Waals surface area contributed by atoms with E-state index in [9.17, 15) is 9.90 Å². The number of carboxylic acids is 1. The number of aryl methyl sites for hydroxylation is 2. The van der Waals surface area contributed by atoms with Crippen LogP contribution in [-0.4, -0.2) is 56.3 Å². The summed E-state index contributed by atoms with van der Waals surface area (Å²) in [5.74, 6) is 0.417. The van der Waals surface area contributed by atoms with Crippen LogP contribution in [-0.2, 0) is 13.0 Å². The minimum atomic E-state index is -1.00. The molecule has 7 heteroatoms. The first kappa shape index (κ1) is 17.4. The molecular weight excluding hydrogens is 322 g/mol. The molecule has 1 aliphatic heterocycles. The highest BCUT2D eigenvalue weighted by molar-refractivity contribution is 5.88. The highest BCUT2D eigenvalue weighted by Crippen LogP contribution is 2.22. The van der Waals surface area contributed by atoms with Gasteiger partial charge in [0.15, 0.2) is 0 Å². The lowest BCUT2D eigenvalue weighted by molar-refractivity contribution is 0.0688. The Labute approximate surface area is 146 Å². The molecule has 1 saturated heterocycles. The minimum Gasteiger partial charge on any atom is -0.486 e. The first-order valence-corrected chi connectivity index (χ1v) is 8.41. The molecule has 1 aliphatic rings. The largest absolute Gasteiger partial charge is 0.486 e. The third-order valence-corrected chi connectivity index (χ3v) is 4.42. The van der Waals surface area contributed by atoms with Crippen molar-refractivity contribution in [1.82, 2.24) is 14.9 Å². The predicted molar refractivity (Wildman–Crippen MR) is 91.8 cm³/mol. The van der Waals surface area contributed by atoms with Gasteiger partial charge < -0.3 is 19.9 Å². The van der Waals surface area contributed by atoms with Crippen LogP contribution in [0.2, 0.25) is 0 Å². The van der Waals surface area contributed by atoms with Gasteiger partial charge in [0.2, 0.25) is 0 Å². The van der Waals surface area contributed by atoms with Crippen LogP contribution in [0.1, 0.15) is 34.5 Å². The number of aliphatic hydroxyl groups excluding tert-OH is 1. The second kappa shape index (κ2) is 7.25. The second-order valence-electron chi connectivity index (χ2n) is 6.36. The van der Waals surface area contributed by atoms with Crippen molar-refractivity contribution in [2.45, 2.75) is 39.0 Å². The van der Waals surface area contributed by atoms with Crippen LogP contribution in [0, 0.1) is 6.92 Å². The maximum Gasteiger partial charge on any atom is 0.335 e. The SMILES string of the molecule is CCc1nc(CN2C[C@@H](O)[C@H](Oc3cccc(C(=O)O)c3)C2)c(C)[nH]1. The van der Waals surface area contributed by atoms with E-state index in [0.29, 0.717) is 25.4 Å².